The Morgan fingerprint density at radius 1 is 1.04 bits per heavy atom. The van der Waals surface area contributed by atoms with Gasteiger partial charge in [-0.3, -0.25) is 9.59 Å². The average molecular weight is 366 g/mol. The molecule has 130 valence electrons. The van der Waals surface area contributed by atoms with E-state index in [1.807, 2.05) is 42.5 Å². The number of para-hydroxylation sites is 1. The summed E-state index contributed by atoms with van der Waals surface area (Å²) < 4.78 is 0. The number of piperazine rings is 1. The van der Waals surface area contributed by atoms with E-state index < -0.39 is 6.04 Å². The van der Waals surface area contributed by atoms with E-state index in [4.69, 9.17) is 11.6 Å². The van der Waals surface area contributed by atoms with Crippen molar-refractivity contribution in [3.63, 3.8) is 0 Å². The van der Waals surface area contributed by atoms with Crippen LogP contribution in [-0.4, -0.2) is 34.3 Å². The Kier molecular flexibility index (Phi) is 3.34. The molecule has 2 amide bonds. The van der Waals surface area contributed by atoms with Gasteiger partial charge in [-0.05, 0) is 29.3 Å². The highest BCUT2D eigenvalue weighted by atomic mass is 35.5. The second-order valence-corrected chi connectivity index (χ2v) is 7.19. The molecule has 2 aliphatic rings. The Labute approximate surface area is 154 Å². The van der Waals surface area contributed by atoms with Crippen molar-refractivity contribution in [1.82, 2.24) is 15.2 Å². The summed E-state index contributed by atoms with van der Waals surface area (Å²) in [7, 11) is 0. The molecule has 0 aliphatic carbocycles. The van der Waals surface area contributed by atoms with E-state index >= 15 is 0 Å². The Bertz CT molecular complexity index is 1040. The van der Waals surface area contributed by atoms with Gasteiger partial charge in [0, 0.05) is 28.0 Å². The van der Waals surface area contributed by atoms with Crippen LogP contribution in [0.5, 0.6) is 0 Å². The van der Waals surface area contributed by atoms with Crippen molar-refractivity contribution in [3.8, 4) is 0 Å². The number of rotatable bonds is 1. The van der Waals surface area contributed by atoms with Crippen molar-refractivity contribution >= 4 is 34.3 Å². The minimum absolute atomic E-state index is 0.0367. The van der Waals surface area contributed by atoms with E-state index in [1.165, 1.54) is 0 Å². The fourth-order valence-corrected chi connectivity index (χ4v) is 4.29. The minimum atomic E-state index is -0.497. The average Bonchev–Trinajstić information content (AvgIpc) is 3.03. The zero-order valence-corrected chi connectivity index (χ0v) is 14.6. The Hall–Kier alpha value is -2.79. The van der Waals surface area contributed by atoms with Gasteiger partial charge >= 0.3 is 0 Å². The lowest BCUT2D eigenvalue weighted by Crippen LogP contribution is -2.61. The molecule has 2 atom stereocenters. The maximum absolute atomic E-state index is 12.7. The van der Waals surface area contributed by atoms with E-state index in [0.29, 0.717) is 11.4 Å². The fraction of sp³-hybridized carbons (Fsp3) is 0.200. The van der Waals surface area contributed by atoms with Crippen LogP contribution in [0.1, 0.15) is 22.9 Å². The second-order valence-electron chi connectivity index (χ2n) is 6.76. The Morgan fingerprint density at radius 3 is 2.62 bits per heavy atom. The van der Waals surface area contributed by atoms with Gasteiger partial charge in [0.1, 0.15) is 6.04 Å². The largest absolute Gasteiger partial charge is 0.356 e. The number of benzene rings is 2. The lowest BCUT2D eigenvalue weighted by atomic mass is 9.86. The highest BCUT2D eigenvalue weighted by molar-refractivity contribution is 6.30. The van der Waals surface area contributed by atoms with Crippen molar-refractivity contribution in [2.75, 3.05) is 6.54 Å². The number of fused-ring (bicyclic) bond motifs is 4. The molecule has 2 N–H and O–H groups in total. The van der Waals surface area contributed by atoms with Gasteiger partial charge < -0.3 is 15.2 Å². The van der Waals surface area contributed by atoms with Crippen LogP contribution in [0.25, 0.3) is 10.9 Å². The molecule has 3 aromatic rings. The van der Waals surface area contributed by atoms with Gasteiger partial charge in [-0.25, -0.2) is 0 Å². The van der Waals surface area contributed by atoms with Crippen LogP contribution >= 0.6 is 11.6 Å². The number of carbonyl (C=O) groups is 2. The first kappa shape index (κ1) is 15.5. The van der Waals surface area contributed by atoms with E-state index in [1.54, 1.807) is 4.90 Å². The van der Waals surface area contributed by atoms with Crippen molar-refractivity contribution < 1.29 is 9.59 Å². The van der Waals surface area contributed by atoms with E-state index in [0.717, 1.165) is 27.7 Å². The zero-order chi connectivity index (χ0) is 17.8. The van der Waals surface area contributed by atoms with Crippen LogP contribution in [0.4, 0.5) is 0 Å². The molecule has 1 saturated heterocycles. The van der Waals surface area contributed by atoms with Gasteiger partial charge in [0.15, 0.2) is 0 Å². The van der Waals surface area contributed by atoms with Crippen LogP contribution in [-0.2, 0) is 16.0 Å². The molecule has 2 aliphatic heterocycles. The third kappa shape index (κ3) is 2.17. The zero-order valence-electron chi connectivity index (χ0n) is 13.8. The number of halogens is 1. The Balaban J connectivity index is 1.77. The predicted molar refractivity (Wildman–Crippen MR) is 98.9 cm³/mol. The highest BCUT2D eigenvalue weighted by Gasteiger charge is 2.45. The monoisotopic (exact) mass is 365 g/mol. The van der Waals surface area contributed by atoms with Crippen molar-refractivity contribution in [3.05, 3.63) is 70.4 Å². The number of nitrogens with one attached hydrogen (secondary N) is 2. The predicted octanol–water partition coefficient (Wildman–Crippen LogP) is 2.79. The van der Waals surface area contributed by atoms with Crippen molar-refractivity contribution in [2.24, 2.45) is 0 Å². The standard InChI is InChI=1S/C20H16ClN3O2/c21-12-7-5-11(6-8-12)19-18-14(13-3-1-2-4-15(13)23-18)9-16-20(26)22-10-17(25)24(16)19/h1-8,16,19,23H,9-10H2,(H,22,26)/t16-,19+/m0/s1. The van der Waals surface area contributed by atoms with Crippen LogP contribution in [0, 0.1) is 0 Å². The number of amides is 2. The lowest BCUT2D eigenvalue weighted by Gasteiger charge is -2.44. The van der Waals surface area contributed by atoms with Gasteiger partial charge in [-0.2, -0.15) is 0 Å². The van der Waals surface area contributed by atoms with Crippen molar-refractivity contribution in [1.29, 1.82) is 0 Å². The molecule has 0 radical (unpaired) electrons. The second kappa shape index (κ2) is 5.61. The number of nitrogens with zero attached hydrogens (tertiary/aromatic N) is 1. The molecule has 0 saturated carbocycles. The molecule has 5 nitrogen and oxygen atoms in total. The maximum atomic E-state index is 12.7. The first-order chi connectivity index (χ1) is 12.6. The normalized spacial score (nSPS) is 22.1. The number of aromatic amines is 1. The summed E-state index contributed by atoms with van der Waals surface area (Å²) in [6, 6.07) is 14.7. The van der Waals surface area contributed by atoms with E-state index in [9.17, 15) is 9.59 Å². The molecular weight excluding hydrogens is 350 g/mol. The maximum Gasteiger partial charge on any atom is 0.243 e. The van der Waals surface area contributed by atoms with Crippen molar-refractivity contribution in [2.45, 2.75) is 18.5 Å². The summed E-state index contributed by atoms with van der Waals surface area (Å²) in [4.78, 5) is 30.5. The van der Waals surface area contributed by atoms with Gasteiger partial charge in [0.2, 0.25) is 11.8 Å². The molecular formula is C20H16ClN3O2. The van der Waals surface area contributed by atoms with Gasteiger partial charge in [-0.15, -0.1) is 0 Å². The summed E-state index contributed by atoms with van der Waals surface area (Å²) in [5.74, 6) is -0.168. The molecule has 0 spiro atoms. The van der Waals surface area contributed by atoms with Crippen LogP contribution in [0.15, 0.2) is 48.5 Å². The quantitative estimate of drug-likeness (QED) is 0.696. The van der Waals surface area contributed by atoms with E-state index in [2.05, 4.69) is 16.4 Å². The molecule has 1 aromatic heterocycles. The highest BCUT2D eigenvalue weighted by Crippen LogP contribution is 2.41. The summed E-state index contributed by atoms with van der Waals surface area (Å²) in [5.41, 5.74) is 4.04. The lowest BCUT2D eigenvalue weighted by molar-refractivity contribution is -0.148. The topological polar surface area (TPSA) is 65.2 Å². The third-order valence-corrected chi connectivity index (χ3v) is 5.57. The molecule has 3 heterocycles. The number of aromatic nitrogens is 1. The SMILES string of the molecule is O=C1NCC(=O)N2[C@H](c3ccc(Cl)cc3)c3[nH]c4ccccc4c3C[C@@H]12. The first-order valence-electron chi connectivity index (χ1n) is 8.57. The summed E-state index contributed by atoms with van der Waals surface area (Å²) in [6.45, 7) is 0.0367. The number of H-pyrrole nitrogens is 1. The number of hydrogen-bond donors (Lipinski definition) is 2. The number of carbonyl (C=O) groups excluding carboxylic acids is 2. The van der Waals surface area contributed by atoms with Gasteiger partial charge in [-0.1, -0.05) is 41.9 Å². The minimum Gasteiger partial charge on any atom is -0.356 e. The molecule has 2 aromatic carbocycles. The molecule has 5 rings (SSSR count). The molecule has 6 heteroatoms. The molecule has 1 fully saturated rings. The smallest absolute Gasteiger partial charge is 0.243 e. The van der Waals surface area contributed by atoms with Crippen LogP contribution < -0.4 is 5.32 Å². The molecule has 0 unspecified atom stereocenters. The Morgan fingerprint density at radius 2 is 1.81 bits per heavy atom. The first-order valence-corrected chi connectivity index (χ1v) is 8.95. The molecule has 26 heavy (non-hydrogen) atoms. The summed E-state index contributed by atoms with van der Waals surface area (Å²) in [5, 5.41) is 4.46. The van der Waals surface area contributed by atoms with Crippen LogP contribution in [0.3, 0.4) is 0 Å². The summed E-state index contributed by atoms with van der Waals surface area (Å²) >= 11 is 6.05. The summed E-state index contributed by atoms with van der Waals surface area (Å²) in [6.07, 6.45) is 0.515. The van der Waals surface area contributed by atoms with Gasteiger partial charge in [0.25, 0.3) is 0 Å². The number of hydrogen-bond acceptors (Lipinski definition) is 2. The van der Waals surface area contributed by atoms with E-state index in [-0.39, 0.29) is 24.4 Å². The fourth-order valence-electron chi connectivity index (χ4n) is 4.17. The third-order valence-electron chi connectivity index (χ3n) is 5.32. The molecule has 0 bridgehead atoms. The van der Waals surface area contributed by atoms with Crippen LogP contribution in [0.2, 0.25) is 5.02 Å². The van der Waals surface area contributed by atoms with Gasteiger partial charge in [0.05, 0.1) is 12.6 Å².